The van der Waals surface area contributed by atoms with Crippen LogP contribution >= 0.6 is 11.6 Å². The number of benzene rings is 1. The van der Waals surface area contributed by atoms with Gasteiger partial charge in [-0.05, 0) is 50.8 Å². The summed E-state index contributed by atoms with van der Waals surface area (Å²) in [6.45, 7) is 12.2. The van der Waals surface area contributed by atoms with Gasteiger partial charge in [0.05, 0.1) is 5.69 Å². The van der Waals surface area contributed by atoms with E-state index in [4.69, 9.17) is 16.3 Å². The van der Waals surface area contributed by atoms with Gasteiger partial charge in [0.2, 0.25) is 0 Å². The maximum atomic E-state index is 12.1. The first-order valence-electron chi connectivity index (χ1n) is 9.54. The third-order valence-corrected chi connectivity index (χ3v) is 4.72. The first-order chi connectivity index (χ1) is 13.6. The normalized spacial score (nSPS) is 11.3. The van der Waals surface area contributed by atoms with Gasteiger partial charge in [0.25, 0.3) is 5.91 Å². The van der Waals surface area contributed by atoms with Crippen molar-refractivity contribution in [2.24, 2.45) is 5.92 Å². The van der Waals surface area contributed by atoms with E-state index in [9.17, 15) is 9.59 Å². The fourth-order valence-corrected chi connectivity index (χ4v) is 3.42. The highest BCUT2D eigenvalue weighted by Crippen LogP contribution is 2.23. The molecule has 7 heteroatoms. The van der Waals surface area contributed by atoms with Gasteiger partial charge in [-0.1, -0.05) is 43.1 Å². The van der Waals surface area contributed by atoms with Crippen molar-refractivity contribution in [3.63, 3.8) is 0 Å². The summed E-state index contributed by atoms with van der Waals surface area (Å²) in [4.78, 5) is 24.1. The van der Waals surface area contributed by atoms with Crippen LogP contribution in [0.25, 0.3) is 6.08 Å². The van der Waals surface area contributed by atoms with E-state index in [0.717, 1.165) is 28.1 Å². The van der Waals surface area contributed by atoms with Crippen molar-refractivity contribution < 1.29 is 14.3 Å². The van der Waals surface area contributed by atoms with Crippen LogP contribution in [0.1, 0.15) is 41.8 Å². The van der Waals surface area contributed by atoms with Gasteiger partial charge in [-0.2, -0.15) is 5.10 Å². The molecule has 0 atom stereocenters. The van der Waals surface area contributed by atoms with Crippen LogP contribution in [0.15, 0.2) is 18.2 Å². The second kappa shape index (κ2) is 9.74. The van der Waals surface area contributed by atoms with Crippen molar-refractivity contribution >= 4 is 35.2 Å². The van der Waals surface area contributed by atoms with Crippen LogP contribution in [0.3, 0.4) is 0 Å². The molecule has 156 valence electrons. The number of carbonyl (C=O) groups is 2. The van der Waals surface area contributed by atoms with Gasteiger partial charge in [0.15, 0.2) is 6.61 Å². The maximum absolute atomic E-state index is 12.1. The average Bonchev–Trinajstić information content (AvgIpc) is 2.87. The summed E-state index contributed by atoms with van der Waals surface area (Å²) in [6.07, 6.45) is 2.82. The summed E-state index contributed by atoms with van der Waals surface area (Å²) < 4.78 is 6.76. The summed E-state index contributed by atoms with van der Waals surface area (Å²) in [6, 6.07) is 3.98. The smallest absolute Gasteiger partial charge is 0.331 e. The van der Waals surface area contributed by atoms with E-state index >= 15 is 0 Å². The molecule has 0 aliphatic carbocycles. The summed E-state index contributed by atoms with van der Waals surface area (Å²) in [7, 11) is 0. The molecule has 0 aliphatic rings. The van der Waals surface area contributed by atoms with Gasteiger partial charge >= 0.3 is 5.97 Å². The molecule has 1 aromatic heterocycles. The predicted octanol–water partition coefficient (Wildman–Crippen LogP) is 4.62. The summed E-state index contributed by atoms with van der Waals surface area (Å²) in [5, 5.41) is 7.66. The molecule has 0 bridgehead atoms. The number of nitrogens with zero attached hydrogens (tertiary/aromatic N) is 2. The number of nitrogens with one attached hydrogen (secondary N) is 1. The molecule has 6 nitrogen and oxygen atoms in total. The van der Waals surface area contributed by atoms with Gasteiger partial charge in [0, 0.05) is 23.9 Å². The number of carbonyl (C=O) groups excluding carboxylic acids is 2. The van der Waals surface area contributed by atoms with Crippen LogP contribution in [-0.2, 0) is 20.9 Å². The lowest BCUT2D eigenvalue weighted by atomic mass is 10.1. The van der Waals surface area contributed by atoms with Crippen LogP contribution < -0.4 is 5.32 Å². The Morgan fingerprint density at radius 3 is 2.41 bits per heavy atom. The van der Waals surface area contributed by atoms with Crippen LogP contribution in [0, 0.1) is 33.6 Å². The minimum atomic E-state index is -0.621. The van der Waals surface area contributed by atoms with Gasteiger partial charge in [-0.15, -0.1) is 0 Å². The monoisotopic (exact) mass is 417 g/mol. The Kier molecular flexibility index (Phi) is 7.62. The van der Waals surface area contributed by atoms with Crippen LogP contribution in [0.2, 0.25) is 5.15 Å². The summed E-state index contributed by atoms with van der Waals surface area (Å²) in [5.41, 5.74) is 5.19. The van der Waals surface area contributed by atoms with Crippen molar-refractivity contribution in [3.8, 4) is 0 Å². The number of hydrogen-bond acceptors (Lipinski definition) is 4. The Morgan fingerprint density at radius 1 is 1.21 bits per heavy atom. The zero-order chi connectivity index (χ0) is 21.7. The number of aryl methyl sites for hydroxylation is 4. The van der Waals surface area contributed by atoms with E-state index in [-0.39, 0.29) is 12.5 Å². The third-order valence-electron chi connectivity index (χ3n) is 4.32. The van der Waals surface area contributed by atoms with E-state index in [1.54, 1.807) is 10.8 Å². The molecule has 2 rings (SSSR count). The Bertz CT molecular complexity index is 922. The quantitative estimate of drug-likeness (QED) is 0.527. The topological polar surface area (TPSA) is 73.2 Å². The molecule has 0 fully saturated rings. The highest BCUT2D eigenvalue weighted by atomic mass is 35.5. The van der Waals surface area contributed by atoms with Crippen molar-refractivity contribution in [2.75, 3.05) is 11.9 Å². The number of halogens is 1. The highest BCUT2D eigenvalue weighted by Gasteiger charge is 2.13. The first-order valence-corrected chi connectivity index (χ1v) is 9.91. The van der Waals surface area contributed by atoms with E-state index in [0.29, 0.717) is 23.2 Å². The summed E-state index contributed by atoms with van der Waals surface area (Å²) in [5.74, 6) is -0.613. The second-order valence-electron chi connectivity index (χ2n) is 7.63. The Balaban J connectivity index is 1.95. The molecule has 0 radical (unpaired) electrons. The molecule has 1 heterocycles. The van der Waals surface area contributed by atoms with Crippen molar-refractivity contribution in [1.82, 2.24) is 9.78 Å². The SMILES string of the molecule is Cc1cc(C)c(NC(=O)COC(=O)/C=C/c2c(C)nn(CC(C)C)c2Cl)c(C)c1. The first kappa shape index (κ1) is 22.7. The number of rotatable bonds is 7. The number of aromatic nitrogens is 2. The molecule has 0 saturated carbocycles. The van der Waals surface area contributed by atoms with Crippen LogP contribution in [0.4, 0.5) is 5.69 Å². The Morgan fingerprint density at radius 2 is 1.83 bits per heavy atom. The third kappa shape index (κ3) is 6.19. The molecular formula is C22H28ClN3O3. The zero-order valence-corrected chi connectivity index (χ0v) is 18.6. The fourth-order valence-electron chi connectivity index (χ4n) is 3.11. The largest absolute Gasteiger partial charge is 0.452 e. The molecule has 1 amide bonds. The average molecular weight is 418 g/mol. The molecule has 2 aromatic rings. The van der Waals surface area contributed by atoms with Gasteiger partial charge in [0.1, 0.15) is 5.15 Å². The molecule has 0 aliphatic heterocycles. The maximum Gasteiger partial charge on any atom is 0.331 e. The molecule has 0 unspecified atom stereocenters. The van der Waals surface area contributed by atoms with E-state index in [1.807, 2.05) is 39.8 Å². The zero-order valence-electron chi connectivity index (χ0n) is 17.8. The number of anilines is 1. The number of ether oxygens (including phenoxy) is 1. The fraction of sp³-hybridized carbons (Fsp3) is 0.409. The van der Waals surface area contributed by atoms with E-state index in [2.05, 4.69) is 24.3 Å². The lowest BCUT2D eigenvalue weighted by Gasteiger charge is -2.12. The van der Waals surface area contributed by atoms with Crippen LogP contribution in [-0.4, -0.2) is 28.3 Å². The Labute approximate surface area is 176 Å². The Hall–Kier alpha value is -2.60. The molecule has 1 N–H and O–H groups in total. The van der Waals surface area contributed by atoms with Crippen LogP contribution in [0.5, 0.6) is 0 Å². The van der Waals surface area contributed by atoms with E-state index < -0.39 is 5.97 Å². The lowest BCUT2D eigenvalue weighted by molar-refractivity contribution is -0.142. The van der Waals surface area contributed by atoms with Crippen molar-refractivity contribution in [1.29, 1.82) is 0 Å². The molecule has 0 saturated heterocycles. The van der Waals surface area contributed by atoms with Crippen molar-refractivity contribution in [2.45, 2.75) is 48.1 Å². The second-order valence-corrected chi connectivity index (χ2v) is 7.99. The number of amides is 1. The predicted molar refractivity (Wildman–Crippen MR) is 116 cm³/mol. The molecule has 0 spiro atoms. The van der Waals surface area contributed by atoms with Gasteiger partial charge in [-0.25, -0.2) is 4.79 Å². The minimum Gasteiger partial charge on any atom is -0.452 e. The minimum absolute atomic E-state index is 0.366. The lowest BCUT2D eigenvalue weighted by Crippen LogP contribution is -2.21. The van der Waals surface area contributed by atoms with Gasteiger partial charge in [-0.3, -0.25) is 9.48 Å². The molecule has 1 aromatic carbocycles. The van der Waals surface area contributed by atoms with Crippen molar-refractivity contribution in [3.05, 3.63) is 51.3 Å². The number of hydrogen-bond donors (Lipinski definition) is 1. The molecule has 29 heavy (non-hydrogen) atoms. The standard InChI is InChI=1S/C22H28ClN3O3/c1-13(2)11-26-22(23)18(17(6)25-26)7-8-20(28)29-12-19(27)24-21-15(4)9-14(3)10-16(21)5/h7-10,13H,11-12H2,1-6H3,(H,24,27)/b8-7+. The van der Waals surface area contributed by atoms with Gasteiger partial charge < -0.3 is 10.1 Å². The molecular weight excluding hydrogens is 390 g/mol. The number of esters is 1. The van der Waals surface area contributed by atoms with E-state index in [1.165, 1.54) is 6.08 Å². The summed E-state index contributed by atoms with van der Waals surface area (Å²) >= 11 is 6.35. The highest BCUT2D eigenvalue weighted by molar-refractivity contribution is 6.31.